The zero-order chi connectivity index (χ0) is 18.1. The minimum atomic E-state index is -0.248. The summed E-state index contributed by atoms with van der Waals surface area (Å²) in [5.41, 5.74) is 1.77. The van der Waals surface area contributed by atoms with Crippen molar-refractivity contribution in [3.05, 3.63) is 36.3 Å². The maximum Gasteiger partial charge on any atom is 0.214 e. The maximum atomic E-state index is 13.1. The Kier molecular flexibility index (Phi) is 4.64. The fourth-order valence-corrected chi connectivity index (χ4v) is 4.08. The molecule has 0 amide bonds. The predicted molar refractivity (Wildman–Crippen MR) is 101 cm³/mol. The summed E-state index contributed by atoms with van der Waals surface area (Å²) >= 11 is 1.52. The van der Waals surface area contributed by atoms with E-state index in [9.17, 15) is 4.39 Å². The van der Waals surface area contributed by atoms with E-state index in [0.29, 0.717) is 0 Å². The van der Waals surface area contributed by atoms with E-state index in [1.54, 1.807) is 16.6 Å². The number of fused-ring (bicyclic) bond motifs is 1. The molecule has 0 radical (unpaired) electrons. The summed E-state index contributed by atoms with van der Waals surface area (Å²) < 4.78 is 20.4. The molecule has 1 saturated heterocycles. The van der Waals surface area contributed by atoms with Gasteiger partial charge in [0.1, 0.15) is 5.82 Å². The molecule has 4 rings (SSSR count). The molecule has 0 bridgehead atoms. The second kappa shape index (κ2) is 6.94. The number of anilines is 1. The van der Waals surface area contributed by atoms with E-state index >= 15 is 0 Å². The van der Waals surface area contributed by atoms with E-state index in [1.807, 2.05) is 6.20 Å². The van der Waals surface area contributed by atoms with Gasteiger partial charge in [0.2, 0.25) is 10.1 Å². The number of halogens is 1. The second-order valence-corrected chi connectivity index (χ2v) is 7.81. The number of ether oxygens (including phenoxy) is 1. The molecule has 26 heavy (non-hydrogen) atoms. The highest BCUT2D eigenvalue weighted by Gasteiger charge is 2.34. The maximum absolute atomic E-state index is 13.1. The van der Waals surface area contributed by atoms with E-state index in [0.717, 1.165) is 53.9 Å². The normalized spacial score (nSPS) is 17.1. The first kappa shape index (κ1) is 17.4. The molecule has 6 nitrogen and oxygen atoms in total. The SMILES string of the molecule is CN(C)C1(CNc2nn3cc(-c4ccc(F)cc4)nc3s2)CCOCC1. The fraction of sp³-hybridized carbons (Fsp3) is 0.444. The third-order valence-corrected chi connectivity index (χ3v) is 6.00. The molecule has 1 aliphatic rings. The van der Waals surface area contributed by atoms with Crippen LogP contribution >= 0.6 is 11.3 Å². The number of rotatable bonds is 5. The Morgan fingerprint density at radius 3 is 2.65 bits per heavy atom. The van der Waals surface area contributed by atoms with Crippen LogP contribution in [0.1, 0.15) is 12.8 Å². The molecule has 3 aromatic rings. The van der Waals surface area contributed by atoms with Crippen molar-refractivity contribution in [2.75, 3.05) is 39.2 Å². The molecule has 138 valence electrons. The number of aromatic nitrogens is 3. The Bertz CT molecular complexity index is 851. The average molecular weight is 375 g/mol. The molecule has 1 aliphatic heterocycles. The molecule has 0 aliphatic carbocycles. The Morgan fingerprint density at radius 2 is 2.00 bits per heavy atom. The Hall–Kier alpha value is -2.03. The molecule has 1 fully saturated rings. The van der Waals surface area contributed by atoms with Gasteiger partial charge in [-0.3, -0.25) is 0 Å². The molecule has 0 spiro atoms. The molecule has 1 aromatic carbocycles. The third kappa shape index (κ3) is 3.32. The van der Waals surface area contributed by atoms with Gasteiger partial charge in [-0.1, -0.05) is 11.3 Å². The first-order valence-corrected chi connectivity index (χ1v) is 9.49. The number of nitrogens with one attached hydrogen (secondary N) is 1. The zero-order valence-electron chi connectivity index (χ0n) is 14.9. The van der Waals surface area contributed by atoms with Crippen molar-refractivity contribution in [2.24, 2.45) is 0 Å². The van der Waals surface area contributed by atoms with Crippen LogP contribution in [-0.4, -0.2) is 58.9 Å². The largest absolute Gasteiger partial charge is 0.381 e. The Labute approximate surface area is 155 Å². The molecule has 8 heteroatoms. The highest BCUT2D eigenvalue weighted by atomic mass is 32.1. The Balaban J connectivity index is 1.49. The predicted octanol–water partition coefficient (Wildman–Crippen LogP) is 3.12. The molecule has 0 unspecified atom stereocenters. The summed E-state index contributed by atoms with van der Waals surface area (Å²) in [6.07, 6.45) is 3.88. The van der Waals surface area contributed by atoms with Crippen LogP contribution in [0.15, 0.2) is 30.5 Å². The minimum absolute atomic E-state index is 0.0886. The lowest BCUT2D eigenvalue weighted by atomic mass is 9.89. The summed E-state index contributed by atoms with van der Waals surface area (Å²) in [6, 6.07) is 6.34. The summed E-state index contributed by atoms with van der Waals surface area (Å²) in [6.45, 7) is 2.41. The van der Waals surface area contributed by atoms with Gasteiger partial charge in [-0.05, 0) is 51.2 Å². The van der Waals surface area contributed by atoms with Gasteiger partial charge in [0.15, 0.2) is 0 Å². The van der Waals surface area contributed by atoms with Crippen molar-refractivity contribution in [3.8, 4) is 11.3 Å². The topological polar surface area (TPSA) is 54.7 Å². The van der Waals surface area contributed by atoms with Crippen molar-refractivity contribution >= 4 is 21.4 Å². The highest BCUT2D eigenvalue weighted by Crippen LogP contribution is 2.28. The van der Waals surface area contributed by atoms with Crippen LogP contribution in [0.5, 0.6) is 0 Å². The smallest absolute Gasteiger partial charge is 0.214 e. The molecular weight excluding hydrogens is 353 g/mol. The van der Waals surface area contributed by atoms with Crippen LogP contribution in [0, 0.1) is 5.82 Å². The average Bonchev–Trinajstić information content (AvgIpc) is 3.20. The number of likely N-dealkylation sites (N-methyl/N-ethyl adjacent to an activating group) is 1. The summed E-state index contributed by atoms with van der Waals surface area (Å²) in [7, 11) is 4.24. The van der Waals surface area contributed by atoms with Crippen molar-refractivity contribution in [1.29, 1.82) is 0 Å². The standard InChI is InChI=1S/C18H22FN5OS/c1-23(2)18(7-9-25-10-8-18)12-20-16-22-24-11-15(21-17(24)26-16)13-3-5-14(19)6-4-13/h3-6,11H,7-10,12H2,1-2H3,(H,20,22). The number of imidazole rings is 1. The van der Waals surface area contributed by atoms with Crippen LogP contribution < -0.4 is 5.32 Å². The molecule has 0 saturated carbocycles. The minimum Gasteiger partial charge on any atom is -0.381 e. The second-order valence-electron chi connectivity index (χ2n) is 6.85. The summed E-state index contributed by atoms with van der Waals surface area (Å²) in [4.78, 5) is 7.71. The van der Waals surface area contributed by atoms with Crippen molar-refractivity contribution in [2.45, 2.75) is 18.4 Å². The zero-order valence-corrected chi connectivity index (χ0v) is 15.7. The Morgan fingerprint density at radius 1 is 1.27 bits per heavy atom. The number of hydrogen-bond donors (Lipinski definition) is 1. The van der Waals surface area contributed by atoms with Crippen LogP contribution in [0.4, 0.5) is 9.52 Å². The molecule has 1 N–H and O–H groups in total. The van der Waals surface area contributed by atoms with Crippen LogP contribution in [0.25, 0.3) is 16.2 Å². The summed E-state index contributed by atoms with van der Waals surface area (Å²) in [5.74, 6) is -0.248. The third-order valence-electron chi connectivity index (χ3n) is 5.12. The number of nitrogens with zero attached hydrogens (tertiary/aromatic N) is 4. The van der Waals surface area contributed by atoms with E-state index in [4.69, 9.17) is 4.74 Å². The number of benzene rings is 1. The van der Waals surface area contributed by atoms with E-state index in [2.05, 4.69) is 34.4 Å². The van der Waals surface area contributed by atoms with Gasteiger partial charge in [0.25, 0.3) is 0 Å². The van der Waals surface area contributed by atoms with Crippen molar-refractivity contribution in [1.82, 2.24) is 19.5 Å². The lowest BCUT2D eigenvalue weighted by Gasteiger charge is -2.42. The van der Waals surface area contributed by atoms with Crippen LogP contribution in [0.3, 0.4) is 0 Å². The van der Waals surface area contributed by atoms with Crippen LogP contribution in [0.2, 0.25) is 0 Å². The van der Waals surface area contributed by atoms with Gasteiger partial charge in [-0.25, -0.2) is 13.9 Å². The first-order valence-electron chi connectivity index (χ1n) is 8.67. The highest BCUT2D eigenvalue weighted by molar-refractivity contribution is 7.20. The number of hydrogen-bond acceptors (Lipinski definition) is 6. The van der Waals surface area contributed by atoms with E-state index in [-0.39, 0.29) is 11.4 Å². The van der Waals surface area contributed by atoms with Crippen LogP contribution in [-0.2, 0) is 4.74 Å². The van der Waals surface area contributed by atoms with Gasteiger partial charge in [0.05, 0.1) is 11.9 Å². The fourth-order valence-electron chi connectivity index (χ4n) is 3.30. The van der Waals surface area contributed by atoms with Crippen molar-refractivity contribution in [3.63, 3.8) is 0 Å². The molecule has 0 atom stereocenters. The van der Waals surface area contributed by atoms with Crippen molar-refractivity contribution < 1.29 is 9.13 Å². The summed E-state index contributed by atoms with van der Waals surface area (Å²) in [5, 5.41) is 8.92. The lowest BCUT2D eigenvalue weighted by molar-refractivity contribution is -0.000636. The van der Waals surface area contributed by atoms with Gasteiger partial charge in [-0.15, -0.1) is 5.10 Å². The molecule has 2 aromatic heterocycles. The molecular formula is C18H22FN5OS. The quantitative estimate of drug-likeness (QED) is 0.743. The van der Waals surface area contributed by atoms with Gasteiger partial charge in [-0.2, -0.15) is 0 Å². The van der Waals surface area contributed by atoms with Gasteiger partial charge in [0, 0.05) is 30.9 Å². The molecule has 3 heterocycles. The van der Waals surface area contributed by atoms with E-state index in [1.165, 1.54) is 23.5 Å². The van der Waals surface area contributed by atoms with E-state index < -0.39 is 0 Å². The monoisotopic (exact) mass is 375 g/mol. The first-order chi connectivity index (χ1) is 12.6. The van der Waals surface area contributed by atoms with Gasteiger partial charge < -0.3 is 15.0 Å². The lowest BCUT2D eigenvalue weighted by Crippen LogP contribution is -2.53. The van der Waals surface area contributed by atoms with Gasteiger partial charge >= 0.3 is 0 Å².